The zero-order valence-corrected chi connectivity index (χ0v) is 10.7. The van der Waals surface area contributed by atoms with E-state index in [4.69, 9.17) is 0 Å². The third-order valence-corrected chi connectivity index (χ3v) is 3.07. The molecule has 0 saturated heterocycles. The number of aryl methyl sites for hydroxylation is 1. The maximum atomic E-state index is 11.1. The van der Waals surface area contributed by atoms with Crippen LogP contribution in [0.2, 0.25) is 0 Å². The lowest BCUT2D eigenvalue weighted by Gasteiger charge is -2.18. The van der Waals surface area contributed by atoms with Crippen LogP contribution in [0.15, 0.2) is 22.7 Å². The molecule has 1 rings (SSSR count). The molecule has 0 spiro atoms. The van der Waals surface area contributed by atoms with Crippen molar-refractivity contribution in [1.29, 1.82) is 0 Å². The summed E-state index contributed by atoms with van der Waals surface area (Å²) in [5.41, 5.74) is 2.14. The van der Waals surface area contributed by atoms with Crippen LogP contribution in [0.1, 0.15) is 5.56 Å². The van der Waals surface area contributed by atoms with Gasteiger partial charge in [0, 0.05) is 17.2 Å². The fourth-order valence-electron chi connectivity index (χ4n) is 1.22. The third kappa shape index (κ3) is 3.23. The maximum Gasteiger partial charge on any atom is 0.325 e. The lowest BCUT2D eigenvalue weighted by atomic mass is 10.2. The summed E-state index contributed by atoms with van der Waals surface area (Å²) in [5, 5.41) is 0. The predicted octanol–water partition coefficient (Wildman–Crippen LogP) is 2.37. The molecule has 1 aromatic carbocycles. The molecule has 3 nitrogen and oxygen atoms in total. The van der Waals surface area contributed by atoms with E-state index < -0.39 is 0 Å². The average molecular weight is 272 g/mol. The van der Waals surface area contributed by atoms with E-state index in [1.165, 1.54) is 7.11 Å². The molecule has 1 aromatic rings. The lowest BCUT2D eigenvalue weighted by molar-refractivity contribution is -0.138. The van der Waals surface area contributed by atoms with Crippen molar-refractivity contribution in [3.05, 3.63) is 28.2 Å². The van der Waals surface area contributed by atoms with Gasteiger partial charge in [0.05, 0.1) is 7.11 Å². The summed E-state index contributed by atoms with van der Waals surface area (Å²) in [7, 11) is 3.25. The first-order chi connectivity index (χ1) is 7.04. The molecule has 0 saturated carbocycles. The third-order valence-electron chi connectivity index (χ3n) is 2.18. The van der Waals surface area contributed by atoms with Gasteiger partial charge >= 0.3 is 5.97 Å². The molecule has 0 atom stereocenters. The summed E-state index contributed by atoms with van der Waals surface area (Å²) in [6, 6.07) is 5.95. The Morgan fingerprint density at radius 1 is 1.53 bits per heavy atom. The van der Waals surface area contributed by atoms with Crippen molar-refractivity contribution in [1.82, 2.24) is 0 Å². The summed E-state index contributed by atoms with van der Waals surface area (Å²) >= 11 is 3.43. The van der Waals surface area contributed by atoms with Gasteiger partial charge in [0.25, 0.3) is 0 Å². The summed E-state index contributed by atoms with van der Waals surface area (Å²) in [5.74, 6) is -0.238. The molecule has 15 heavy (non-hydrogen) atoms. The Balaban J connectivity index is 2.78. The largest absolute Gasteiger partial charge is 0.468 e. The van der Waals surface area contributed by atoms with E-state index in [1.807, 2.05) is 37.1 Å². The Morgan fingerprint density at radius 2 is 2.20 bits per heavy atom. The SMILES string of the molecule is COC(=O)CN(C)c1ccc(Br)c(C)c1. The molecule has 0 fully saturated rings. The Bertz CT molecular complexity index is 366. The van der Waals surface area contributed by atoms with Crippen LogP contribution in [0.5, 0.6) is 0 Å². The predicted molar refractivity (Wildman–Crippen MR) is 64.2 cm³/mol. The van der Waals surface area contributed by atoms with Gasteiger partial charge in [-0.25, -0.2) is 0 Å². The van der Waals surface area contributed by atoms with Crippen LogP contribution in [-0.2, 0) is 9.53 Å². The number of esters is 1. The number of methoxy groups -OCH3 is 1. The molecule has 0 aliphatic carbocycles. The number of rotatable bonds is 3. The van der Waals surface area contributed by atoms with Crippen molar-refractivity contribution < 1.29 is 9.53 Å². The van der Waals surface area contributed by atoms with E-state index in [1.54, 1.807) is 0 Å². The number of carbonyl (C=O) groups is 1. The zero-order valence-electron chi connectivity index (χ0n) is 9.08. The average Bonchev–Trinajstić information content (AvgIpc) is 2.21. The second-order valence-corrected chi connectivity index (χ2v) is 4.22. The molecule has 0 aliphatic heterocycles. The summed E-state index contributed by atoms with van der Waals surface area (Å²) < 4.78 is 5.67. The molecule has 0 unspecified atom stereocenters. The highest BCUT2D eigenvalue weighted by Gasteiger charge is 2.07. The Morgan fingerprint density at radius 3 is 2.73 bits per heavy atom. The number of nitrogens with zero attached hydrogens (tertiary/aromatic N) is 1. The number of hydrogen-bond acceptors (Lipinski definition) is 3. The highest BCUT2D eigenvalue weighted by atomic mass is 79.9. The molecular formula is C11H14BrNO2. The minimum atomic E-state index is -0.238. The van der Waals surface area contributed by atoms with Crippen LogP contribution in [0, 0.1) is 6.92 Å². The van der Waals surface area contributed by atoms with Crippen molar-refractivity contribution in [2.24, 2.45) is 0 Å². The number of ether oxygens (including phenoxy) is 1. The van der Waals surface area contributed by atoms with Crippen LogP contribution >= 0.6 is 15.9 Å². The van der Waals surface area contributed by atoms with Gasteiger partial charge in [-0.2, -0.15) is 0 Å². The molecular weight excluding hydrogens is 258 g/mol. The van der Waals surface area contributed by atoms with Gasteiger partial charge in [-0.05, 0) is 30.7 Å². The van der Waals surface area contributed by atoms with E-state index >= 15 is 0 Å². The molecule has 0 radical (unpaired) electrons. The zero-order chi connectivity index (χ0) is 11.4. The first-order valence-corrected chi connectivity index (χ1v) is 5.38. The van der Waals surface area contributed by atoms with Crippen LogP contribution in [-0.4, -0.2) is 26.7 Å². The van der Waals surface area contributed by atoms with Gasteiger partial charge in [-0.1, -0.05) is 15.9 Å². The first-order valence-electron chi connectivity index (χ1n) is 4.58. The molecule has 82 valence electrons. The Labute approximate surface area is 98.2 Å². The van der Waals surface area contributed by atoms with Crippen molar-refractivity contribution in [2.75, 3.05) is 25.6 Å². The van der Waals surface area contributed by atoms with Gasteiger partial charge in [-0.3, -0.25) is 4.79 Å². The molecule has 0 aliphatic rings. The Hall–Kier alpha value is -1.03. The molecule has 0 amide bonds. The molecule has 0 N–H and O–H groups in total. The minimum absolute atomic E-state index is 0.238. The highest BCUT2D eigenvalue weighted by Crippen LogP contribution is 2.21. The fraction of sp³-hybridized carbons (Fsp3) is 0.364. The fourth-order valence-corrected chi connectivity index (χ4v) is 1.46. The van der Waals surface area contributed by atoms with Crippen molar-refractivity contribution in [2.45, 2.75) is 6.92 Å². The Kier molecular flexibility index (Phi) is 4.15. The van der Waals surface area contributed by atoms with Crippen LogP contribution in [0.4, 0.5) is 5.69 Å². The molecule has 4 heteroatoms. The number of hydrogen-bond donors (Lipinski definition) is 0. The van der Waals surface area contributed by atoms with Gasteiger partial charge < -0.3 is 9.64 Å². The number of carbonyl (C=O) groups excluding carboxylic acids is 1. The molecule has 0 aromatic heterocycles. The second-order valence-electron chi connectivity index (χ2n) is 3.37. The van der Waals surface area contributed by atoms with E-state index in [0.29, 0.717) is 0 Å². The van der Waals surface area contributed by atoms with Crippen LogP contribution in [0.3, 0.4) is 0 Å². The van der Waals surface area contributed by atoms with E-state index in [0.717, 1.165) is 15.7 Å². The molecule has 0 heterocycles. The number of likely N-dealkylation sites (N-methyl/N-ethyl adjacent to an activating group) is 1. The molecule has 0 bridgehead atoms. The quantitative estimate of drug-likeness (QED) is 0.791. The topological polar surface area (TPSA) is 29.5 Å². The number of benzene rings is 1. The normalized spacial score (nSPS) is 9.87. The van der Waals surface area contributed by atoms with Crippen molar-refractivity contribution in [3.63, 3.8) is 0 Å². The van der Waals surface area contributed by atoms with Crippen LogP contribution < -0.4 is 4.90 Å². The number of halogens is 1. The summed E-state index contributed by atoms with van der Waals surface area (Å²) in [4.78, 5) is 12.9. The second kappa shape index (κ2) is 5.16. The highest BCUT2D eigenvalue weighted by molar-refractivity contribution is 9.10. The van der Waals surface area contributed by atoms with Crippen LogP contribution in [0.25, 0.3) is 0 Å². The van der Waals surface area contributed by atoms with Gasteiger partial charge in [-0.15, -0.1) is 0 Å². The van der Waals surface area contributed by atoms with Crippen molar-refractivity contribution >= 4 is 27.6 Å². The summed E-state index contributed by atoms with van der Waals surface area (Å²) in [6.07, 6.45) is 0. The minimum Gasteiger partial charge on any atom is -0.468 e. The van der Waals surface area contributed by atoms with Gasteiger partial charge in [0.2, 0.25) is 0 Å². The standard InChI is InChI=1S/C11H14BrNO2/c1-8-6-9(4-5-10(8)12)13(2)7-11(14)15-3/h4-6H,7H2,1-3H3. The maximum absolute atomic E-state index is 11.1. The monoisotopic (exact) mass is 271 g/mol. The van der Waals surface area contributed by atoms with E-state index in [-0.39, 0.29) is 12.5 Å². The number of anilines is 1. The summed E-state index contributed by atoms with van der Waals surface area (Å²) in [6.45, 7) is 2.27. The van der Waals surface area contributed by atoms with Gasteiger partial charge in [0.15, 0.2) is 0 Å². The van der Waals surface area contributed by atoms with Gasteiger partial charge in [0.1, 0.15) is 6.54 Å². The first kappa shape index (κ1) is 12.0. The smallest absolute Gasteiger partial charge is 0.325 e. The van der Waals surface area contributed by atoms with E-state index in [9.17, 15) is 4.79 Å². The lowest BCUT2D eigenvalue weighted by Crippen LogP contribution is -2.26. The van der Waals surface area contributed by atoms with E-state index in [2.05, 4.69) is 20.7 Å². The van der Waals surface area contributed by atoms with Crippen molar-refractivity contribution in [3.8, 4) is 0 Å².